The summed E-state index contributed by atoms with van der Waals surface area (Å²) >= 11 is 0. The summed E-state index contributed by atoms with van der Waals surface area (Å²) in [6, 6.07) is 7.50. The fraction of sp³-hybridized carbons (Fsp3) is 0.625. The molecule has 7 heteroatoms. The number of benzene rings is 1. The maximum atomic E-state index is 13.3. The summed E-state index contributed by atoms with van der Waals surface area (Å²) in [5.74, 6) is 0.527. The van der Waals surface area contributed by atoms with Crippen molar-refractivity contribution in [3.05, 3.63) is 40.3 Å². The van der Waals surface area contributed by atoms with Crippen molar-refractivity contribution >= 4 is 16.7 Å². The molecule has 0 radical (unpaired) electrons. The number of carbonyl (C=O) groups is 1. The van der Waals surface area contributed by atoms with Crippen molar-refractivity contribution in [2.75, 3.05) is 32.8 Å². The summed E-state index contributed by atoms with van der Waals surface area (Å²) < 4.78 is 6.96. The Morgan fingerprint density at radius 3 is 2.39 bits per heavy atom. The average Bonchev–Trinajstić information content (AvgIpc) is 2.78. The highest BCUT2D eigenvalue weighted by atomic mass is 16.5. The summed E-state index contributed by atoms with van der Waals surface area (Å²) in [5.41, 5.74) is 0.171. The van der Waals surface area contributed by atoms with Crippen molar-refractivity contribution in [3.8, 4) is 0 Å². The fourth-order valence-electron chi connectivity index (χ4n) is 4.49. The molecule has 2 aromatic rings. The minimum absolute atomic E-state index is 0.149. The van der Waals surface area contributed by atoms with Crippen molar-refractivity contribution < 1.29 is 9.53 Å². The first kappa shape index (κ1) is 23.4. The molecular weight excluding hydrogens is 392 g/mol. The molecule has 1 aromatic heterocycles. The van der Waals surface area contributed by atoms with Gasteiger partial charge in [-0.1, -0.05) is 58.7 Å². The second kappa shape index (κ2) is 10.9. The first-order valence-electron chi connectivity index (χ1n) is 11.6. The lowest BCUT2D eigenvalue weighted by atomic mass is 9.92. The number of nitrogens with zero attached hydrogens (tertiary/aromatic N) is 3. The van der Waals surface area contributed by atoms with E-state index in [4.69, 9.17) is 4.74 Å². The van der Waals surface area contributed by atoms with Crippen molar-refractivity contribution in [2.45, 2.75) is 53.1 Å². The third-order valence-electron chi connectivity index (χ3n) is 6.20. The van der Waals surface area contributed by atoms with Crippen molar-refractivity contribution in [1.82, 2.24) is 20.0 Å². The molecule has 1 amide bonds. The Kier molecular flexibility index (Phi) is 8.21. The SMILES string of the molecule is CCC(CC)C(CNC(=O)c1nn(CC(C)C)c(=O)c2ccccc12)N1CCOCC1. The van der Waals surface area contributed by atoms with Gasteiger partial charge in [-0.25, -0.2) is 4.68 Å². The van der Waals surface area contributed by atoms with Gasteiger partial charge in [0.25, 0.3) is 11.5 Å². The summed E-state index contributed by atoms with van der Waals surface area (Å²) in [4.78, 5) is 28.5. The number of ether oxygens (including phenoxy) is 1. The number of carbonyl (C=O) groups excluding carboxylic acids is 1. The number of hydrogen-bond donors (Lipinski definition) is 1. The normalized spacial score (nSPS) is 16.2. The van der Waals surface area contributed by atoms with Crippen LogP contribution in [0.1, 0.15) is 51.0 Å². The quantitative estimate of drug-likeness (QED) is 0.665. The number of hydrogen-bond acceptors (Lipinski definition) is 5. The van der Waals surface area contributed by atoms with Gasteiger partial charge in [0.15, 0.2) is 5.69 Å². The smallest absolute Gasteiger partial charge is 0.274 e. The van der Waals surface area contributed by atoms with E-state index in [2.05, 4.69) is 29.2 Å². The van der Waals surface area contributed by atoms with Gasteiger partial charge in [-0.05, 0) is 17.9 Å². The first-order chi connectivity index (χ1) is 15.0. The van der Waals surface area contributed by atoms with Crippen LogP contribution in [0.2, 0.25) is 0 Å². The number of rotatable bonds is 9. The van der Waals surface area contributed by atoms with E-state index in [-0.39, 0.29) is 23.4 Å². The number of morpholine rings is 1. The van der Waals surface area contributed by atoms with E-state index in [0.717, 1.165) is 39.1 Å². The second-order valence-electron chi connectivity index (χ2n) is 8.78. The highest BCUT2D eigenvalue weighted by molar-refractivity contribution is 6.04. The molecule has 1 aromatic carbocycles. The lowest BCUT2D eigenvalue weighted by Gasteiger charge is -2.38. The summed E-state index contributed by atoms with van der Waals surface area (Å²) in [6.45, 7) is 12.8. The lowest BCUT2D eigenvalue weighted by molar-refractivity contribution is 0.00190. The van der Waals surface area contributed by atoms with Gasteiger partial charge in [-0.15, -0.1) is 0 Å². The van der Waals surface area contributed by atoms with Crippen molar-refractivity contribution in [1.29, 1.82) is 0 Å². The van der Waals surface area contributed by atoms with Crippen LogP contribution >= 0.6 is 0 Å². The predicted molar refractivity (Wildman–Crippen MR) is 123 cm³/mol. The molecule has 31 heavy (non-hydrogen) atoms. The molecule has 1 atom stereocenters. The van der Waals surface area contributed by atoms with Crippen LogP contribution in [0.25, 0.3) is 10.8 Å². The maximum Gasteiger partial charge on any atom is 0.274 e. The Morgan fingerprint density at radius 1 is 1.13 bits per heavy atom. The minimum Gasteiger partial charge on any atom is -0.379 e. The van der Waals surface area contributed by atoms with Gasteiger partial charge in [0, 0.05) is 37.6 Å². The summed E-state index contributed by atoms with van der Waals surface area (Å²) in [7, 11) is 0. The molecular formula is C24H36N4O3. The van der Waals surface area contributed by atoms with Gasteiger partial charge in [-0.2, -0.15) is 5.10 Å². The van der Waals surface area contributed by atoms with Gasteiger partial charge in [-0.3, -0.25) is 14.5 Å². The first-order valence-corrected chi connectivity index (χ1v) is 11.6. The summed E-state index contributed by atoms with van der Waals surface area (Å²) in [6.07, 6.45) is 2.13. The zero-order valence-electron chi connectivity index (χ0n) is 19.3. The minimum atomic E-state index is -0.224. The molecule has 3 rings (SSSR count). The highest BCUT2D eigenvalue weighted by Crippen LogP contribution is 2.20. The monoisotopic (exact) mass is 428 g/mol. The van der Waals surface area contributed by atoms with E-state index in [1.165, 1.54) is 4.68 Å². The van der Waals surface area contributed by atoms with Crippen LogP contribution in [-0.2, 0) is 11.3 Å². The van der Waals surface area contributed by atoms with E-state index in [1.807, 2.05) is 26.0 Å². The van der Waals surface area contributed by atoms with E-state index < -0.39 is 0 Å². The fourth-order valence-corrected chi connectivity index (χ4v) is 4.49. The lowest BCUT2D eigenvalue weighted by Crippen LogP contribution is -2.52. The molecule has 1 aliphatic rings. The molecule has 0 saturated carbocycles. The third-order valence-corrected chi connectivity index (χ3v) is 6.20. The van der Waals surface area contributed by atoms with E-state index in [9.17, 15) is 9.59 Å². The van der Waals surface area contributed by atoms with Gasteiger partial charge in [0.05, 0.1) is 18.6 Å². The Labute approximate surface area is 184 Å². The van der Waals surface area contributed by atoms with Crippen LogP contribution in [0.5, 0.6) is 0 Å². The largest absolute Gasteiger partial charge is 0.379 e. The molecule has 0 spiro atoms. The Balaban J connectivity index is 1.87. The molecule has 2 heterocycles. The van der Waals surface area contributed by atoms with E-state index >= 15 is 0 Å². The maximum absolute atomic E-state index is 13.3. The number of amides is 1. The Hall–Kier alpha value is -2.25. The molecule has 0 aliphatic carbocycles. The molecule has 1 fully saturated rings. The Bertz CT molecular complexity index is 930. The average molecular weight is 429 g/mol. The van der Waals surface area contributed by atoms with Crippen molar-refractivity contribution in [3.63, 3.8) is 0 Å². The van der Waals surface area contributed by atoms with Crippen LogP contribution < -0.4 is 10.9 Å². The molecule has 1 unspecified atom stereocenters. The number of fused-ring (bicyclic) bond motifs is 1. The van der Waals surface area contributed by atoms with E-state index in [0.29, 0.717) is 35.5 Å². The second-order valence-corrected chi connectivity index (χ2v) is 8.78. The standard InChI is InChI=1S/C24H36N4O3/c1-5-18(6-2)21(27-11-13-31-14-12-27)15-25-23(29)22-19-9-7-8-10-20(19)24(30)28(26-22)16-17(3)4/h7-10,17-18,21H,5-6,11-16H2,1-4H3,(H,25,29). The van der Waals surface area contributed by atoms with Crippen LogP contribution in [0.4, 0.5) is 0 Å². The predicted octanol–water partition coefficient (Wildman–Crippen LogP) is 2.92. The third kappa shape index (κ3) is 5.52. The van der Waals surface area contributed by atoms with Crippen LogP contribution in [0.15, 0.2) is 29.1 Å². The van der Waals surface area contributed by atoms with Crippen LogP contribution in [0, 0.1) is 11.8 Å². The zero-order chi connectivity index (χ0) is 22.4. The summed E-state index contributed by atoms with van der Waals surface area (Å²) in [5, 5.41) is 8.76. The van der Waals surface area contributed by atoms with Crippen LogP contribution in [0.3, 0.4) is 0 Å². The van der Waals surface area contributed by atoms with Gasteiger partial charge in [0.2, 0.25) is 0 Å². The molecule has 170 valence electrons. The van der Waals surface area contributed by atoms with Gasteiger partial charge >= 0.3 is 0 Å². The highest BCUT2D eigenvalue weighted by Gasteiger charge is 2.28. The topological polar surface area (TPSA) is 76.5 Å². The molecule has 7 nitrogen and oxygen atoms in total. The van der Waals surface area contributed by atoms with Crippen LogP contribution in [-0.4, -0.2) is 59.5 Å². The molecule has 1 N–H and O–H groups in total. The van der Waals surface area contributed by atoms with Gasteiger partial charge < -0.3 is 10.1 Å². The number of aromatic nitrogens is 2. The van der Waals surface area contributed by atoms with E-state index in [1.54, 1.807) is 12.1 Å². The Morgan fingerprint density at radius 2 is 1.77 bits per heavy atom. The zero-order valence-corrected chi connectivity index (χ0v) is 19.3. The molecule has 1 aliphatic heterocycles. The number of nitrogens with one attached hydrogen (secondary N) is 1. The van der Waals surface area contributed by atoms with Gasteiger partial charge in [0.1, 0.15) is 0 Å². The van der Waals surface area contributed by atoms with Crippen molar-refractivity contribution in [2.24, 2.45) is 11.8 Å². The molecule has 1 saturated heterocycles. The molecule has 0 bridgehead atoms.